The molecule has 38 heavy (non-hydrogen) atoms. The second kappa shape index (κ2) is 9.82. The standard InChI is InChI=1S/C30H21F2N5O/c31-26-14-20(7-8-25(26)30(38)36-16-23-5-1-2-10-33-23)22-15-27(32)29-35-17-24(37(29)18-22)13-19-6-9-28-21(12-19)4-3-11-34-28/h1-12,14-15,17-18H,13,16H2,(H,36,38). The van der Waals surface area contributed by atoms with Gasteiger partial charge >= 0.3 is 0 Å². The molecule has 0 aliphatic carbocycles. The predicted molar refractivity (Wildman–Crippen MR) is 141 cm³/mol. The first-order chi connectivity index (χ1) is 18.5. The lowest BCUT2D eigenvalue weighted by molar-refractivity contribution is 0.0946. The number of nitrogens with one attached hydrogen (secondary N) is 1. The van der Waals surface area contributed by atoms with E-state index in [4.69, 9.17) is 0 Å². The molecule has 1 amide bonds. The molecule has 0 aliphatic rings. The van der Waals surface area contributed by atoms with Crippen molar-refractivity contribution in [2.75, 3.05) is 0 Å². The average molecular weight is 506 g/mol. The van der Waals surface area contributed by atoms with Crippen LogP contribution in [0.2, 0.25) is 0 Å². The van der Waals surface area contributed by atoms with E-state index < -0.39 is 17.5 Å². The second-order valence-electron chi connectivity index (χ2n) is 8.93. The van der Waals surface area contributed by atoms with Crippen molar-refractivity contribution in [1.82, 2.24) is 24.7 Å². The zero-order chi connectivity index (χ0) is 26.1. The minimum atomic E-state index is -0.697. The van der Waals surface area contributed by atoms with Crippen LogP contribution in [0.5, 0.6) is 0 Å². The highest BCUT2D eigenvalue weighted by atomic mass is 19.1. The zero-order valence-electron chi connectivity index (χ0n) is 20.1. The second-order valence-corrected chi connectivity index (χ2v) is 8.93. The van der Waals surface area contributed by atoms with Gasteiger partial charge in [0.05, 0.1) is 23.3 Å². The molecule has 4 aromatic heterocycles. The summed E-state index contributed by atoms with van der Waals surface area (Å²) in [4.78, 5) is 25.3. The molecule has 0 unspecified atom stereocenters. The summed E-state index contributed by atoms with van der Waals surface area (Å²) in [6.07, 6.45) is 7.28. The summed E-state index contributed by atoms with van der Waals surface area (Å²) in [5.74, 6) is -1.77. The number of nitrogens with zero attached hydrogens (tertiary/aromatic N) is 4. The van der Waals surface area contributed by atoms with Gasteiger partial charge in [-0.3, -0.25) is 14.8 Å². The number of hydrogen-bond donors (Lipinski definition) is 1. The minimum Gasteiger partial charge on any atom is -0.346 e. The van der Waals surface area contributed by atoms with E-state index in [9.17, 15) is 9.18 Å². The molecular weight excluding hydrogens is 484 g/mol. The Bertz CT molecular complexity index is 1800. The van der Waals surface area contributed by atoms with E-state index in [0.717, 1.165) is 22.2 Å². The molecule has 8 heteroatoms. The van der Waals surface area contributed by atoms with Crippen molar-refractivity contribution in [2.45, 2.75) is 13.0 Å². The van der Waals surface area contributed by atoms with Gasteiger partial charge in [-0.2, -0.15) is 0 Å². The molecule has 2 aromatic carbocycles. The Labute approximate surface area is 216 Å². The highest BCUT2D eigenvalue weighted by Gasteiger charge is 2.16. The van der Waals surface area contributed by atoms with E-state index in [-0.39, 0.29) is 17.8 Å². The number of halogens is 2. The number of carbonyl (C=O) groups excluding carboxylic acids is 1. The summed E-state index contributed by atoms with van der Waals surface area (Å²) in [7, 11) is 0. The summed E-state index contributed by atoms with van der Waals surface area (Å²) in [5.41, 5.74) is 4.40. The van der Waals surface area contributed by atoms with Gasteiger partial charge in [-0.15, -0.1) is 0 Å². The van der Waals surface area contributed by atoms with Crippen molar-refractivity contribution in [3.63, 3.8) is 0 Å². The van der Waals surface area contributed by atoms with Gasteiger partial charge in [0.1, 0.15) is 5.82 Å². The summed E-state index contributed by atoms with van der Waals surface area (Å²) in [6.45, 7) is 0.180. The van der Waals surface area contributed by atoms with E-state index in [1.54, 1.807) is 47.4 Å². The largest absolute Gasteiger partial charge is 0.346 e. The number of imidazole rings is 1. The number of aromatic nitrogens is 4. The molecule has 6 nitrogen and oxygen atoms in total. The Balaban J connectivity index is 1.27. The lowest BCUT2D eigenvalue weighted by Gasteiger charge is -2.10. The molecule has 0 spiro atoms. The quantitative estimate of drug-likeness (QED) is 0.313. The van der Waals surface area contributed by atoms with Crippen LogP contribution in [-0.2, 0) is 13.0 Å². The highest BCUT2D eigenvalue weighted by Crippen LogP contribution is 2.26. The molecule has 186 valence electrons. The van der Waals surface area contributed by atoms with Crippen LogP contribution in [0.1, 0.15) is 27.3 Å². The Morgan fingerprint density at radius 1 is 0.842 bits per heavy atom. The third kappa shape index (κ3) is 4.59. The normalized spacial score (nSPS) is 11.2. The topological polar surface area (TPSA) is 72.2 Å². The lowest BCUT2D eigenvalue weighted by Crippen LogP contribution is -2.24. The molecule has 0 saturated carbocycles. The minimum absolute atomic E-state index is 0.0969. The number of amides is 1. The Kier molecular flexibility index (Phi) is 6.05. The van der Waals surface area contributed by atoms with Gasteiger partial charge in [-0.1, -0.05) is 24.3 Å². The van der Waals surface area contributed by atoms with Crippen molar-refractivity contribution in [3.8, 4) is 11.1 Å². The molecule has 6 aromatic rings. The van der Waals surface area contributed by atoms with E-state index in [1.807, 2.05) is 30.3 Å². The first-order valence-electron chi connectivity index (χ1n) is 12.0. The van der Waals surface area contributed by atoms with Crippen LogP contribution in [0, 0.1) is 11.6 Å². The van der Waals surface area contributed by atoms with Crippen molar-refractivity contribution in [3.05, 3.63) is 132 Å². The Morgan fingerprint density at radius 3 is 2.55 bits per heavy atom. The van der Waals surface area contributed by atoms with Gasteiger partial charge < -0.3 is 9.72 Å². The van der Waals surface area contributed by atoms with Crippen LogP contribution in [0.3, 0.4) is 0 Å². The first-order valence-corrected chi connectivity index (χ1v) is 12.0. The van der Waals surface area contributed by atoms with Crippen molar-refractivity contribution in [1.29, 1.82) is 0 Å². The molecule has 6 rings (SSSR count). The molecule has 0 fully saturated rings. The number of benzene rings is 2. The highest BCUT2D eigenvalue weighted by molar-refractivity contribution is 5.95. The molecule has 1 N–H and O–H groups in total. The molecule has 0 atom stereocenters. The van der Waals surface area contributed by atoms with Gasteiger partial charge in [-0.05, 0) is 59.7 Å². The number of fused-ring (bicyclic) bond motifs is 2. The Morgan fingerprint density at radius 2 is 1.71 bits per heavy atom. The number of hydrogen-bond acceptors (Lipinski definition) is 4. The van der Waals surface area contributed by atoms with E-state index in [2.05, 4.69) is 26.3 Å². The maximum atomic E-state index is 15.0. The Hall–Kier alpha value is -4.98. The fourth-order valence-electron chi connectivity index (χ4n) is 4.47. The van der Waals surface area contributed by atoms with E-state index in [0.29, 0.717) is 23.2 Å². The van der Waals surface area contributed by atoms with Gasteiger partial charge in [0.15, 0.2) is 11.5 Å². The first kappa shape index (κ1) is 23.4. The van der Waals surface area contributed by atoms with E-state index in [1.165, 1.54) is 18.2 Å². The maximum Gasteiger partial charge on any atom is 0.254 e. The fourth-order valence-corrected chi connectivity index (χ4v) is 4.47. The summed E-state index contributed by atoms with van der Waals surface area (Å²) in [5, 5.41) is 3.69. The van der Waals surface area contributed by atoms with Crippen molar-refractivity contribution < 1.29 is 13.6 Å². The molecular formula is C30H21F2N5O. The molecule has 0 bridgehead atoms. The zero-order valence-corrected chi connectivity index (χ0v) is 20.1. The van der Waals surface area contributed by atoms with Gasteiger partial charge in [-0.25, -0.2) is 13.8 Å². The molecule has 0 aliphatic heterocycles. The van der Waals surface area contributed by atoms with Crippen LogP contribution < -0.4 is 5.32 Å². The maximum absolute atomic E-state index is 15.0. The van der Waals surface area contributed by atoms with Crippen LogP contribution >= 0.6 is 0 Å². The smallest absolute Gasteiger partial charge is 0.254 e. The fraction of sp³-hybridized carbons (Fsp3) is 0.0667. The third-order valence-electron chi connectivity index (χ3n) is 6.39. The van der Waals surface area contributed by atoms with Gasteiger partial charge in [0.25, 0.3) is 5.91 Å². The number of carbonyl (C=O) groups is 1. The number of pyridine rings is 3. The van der Waals surface area contributed by atoms with Gasteiger partial charge in [0, 0.05) is 47.9 Å². The lowest BCUT2D eigenvalue weighted by atomic mass is 10.0. The summed E-state index contributed by atoms with van der Waals surface area (Å²) in [6, 6.07) is 20.8. The number of rotatable bonds is 6. The molecule has 4 heterocycles. The monoisotopic (exact) mass is 505 g/mol. The van der Waals surface area contributed by atoms with Crippen LogP contribution in [0.4, 0.5) is 8.78 Å². The van der Waals surface area contributed by atoms with Crippen LogP contribution in [0.15, 0.2) is 97.6 Å². The van der Waals surface area contributed by atoms with Crippen LogP contribution in [0.25, 0.3) is 27.7 Å². The van der Waals surface area contributed by atoms with Crippen LogP contribution in [-0.4, -0.2) is 25.3 Å². The average Bonchev–Trinajstić information content (AvgIpc) is 3.35. The SMILES string of the molecule is O=C(NCc1ccccn1)c1ccc(-c2cc(F)c3ncc(Cc4ccc5ncccc5c4)n3c2)cc1F. The third-order valence-corrected chi connectivity index (χ3v) is 6.39. The van der Waals surface area contributed by atoms with Crippen molar-refractivity contribution >= 4 is 22.5 Å². The van der Waals surface area contributed by atoms with E-state index >= 15 is 4.39 Å². The molecule has 0 radical (unpaired) electrons. The summed E-state index contributed by atoms with van der Waals surface area (Å²) < 4.78 is 31.7. The summed E-state index contributed by atoms with van der Waals surface area (Å²) >= 11 is 0. The van der Waals surface area contributed by atoms with Crippen molar-refractivity contribution in [2.24, 2.45) is 0 Å². The predicted octanol–water partition coefficient (Wildman–Crippen LogP) is 5.74. The molecule has 0 saturated heterocycles. The van der Waals surface area contributed by atoms with Gasteiger partial charge in [0.2, 0.25) is 0 Å².